The molecule has 0 aliphatic carbocycles. The van der Waals surface area contributed by atoms with Crippen molar-refractivity contribution in [2.75, 3.05) is 13.2 Å². The maximum absolute atomic E-state index is 11.3. The average molecular weight is 216 g/mol. The van der Waals surface area contributed by atoms with Crippen LogP contribution in [0.1, 0.15) is 13.3 Å². The Morgan fingerprint density at radius 3 is 2.73 bits per heavy atom. The Bertz CT molecular complexity index is 291. The Kier molecular flexibility index (Phi) is 3.48. The summed E-state index contributed by atoms with van der Waals surface area (Å²) in [5.41, 5.74) is 5.09. The van der Waals surface area contributed by atoms with Gasteiger partial charge in [0.25, 0.3) is 0 Å². The quantitative estimate of drug-likeness (QED) is 0.522. The van der Waals surface area contributed by atoms with Gasteiger partial charge < -0.3 is 20.1 Å². The van der Waals surface area contributed by atoms with Gasteiger partial charge in [0.05, 0.1) is 0 Å². The SMILES string of the molecule is CCCN(C(N)=O)C1COC(=O)OC1=O. The third-order valence-corrected chi connectivity index (χ3v) is 1.94. The Hall–Kier alpha value is -1.79. The Labute approximate surface area is 86.1 Å². The van der Waals surface area contributed by atoms with Crippen molar-refractivity contribution >= 4 is 18.2 Å². The van der Waals surface area contributed by atoms with Gasteiger partial charge >= 0.3 is 18.2 Å². The molecule has 0 aromatic carbocycles. The van der Waals surface area contributed by atoms with Gasteiger partial charge in [0, 0.05) is 6.54 Å². The van der Waals surface area contributed by atoms with E-state index in [-0.39, 0.29) is 6.61 Å². The number of ether oxygens (including phenoxy) is 2. The molecule has 2 amide bonds. The first-order valence-corrected chi connectivity index (χ1v) is 4.50. The molecule has 1 atom stereocenters. The van der Waals surface area contributed by atoms with Gasteiger partial charge in [-0.1, -0.05) is 6.92 Å². The highest BCUT2D eigenvalue weighted by Crippen LogP contribution is 2.10. The van der Waals surface area contributed by atoms with E-state index in [2.05, 4.69) is 9.47 Å². The van der Waals surface area contributed by atoms with Crippen LogP contribution in [0.2, 0.25) is 0 Å². The second kappa shape index (κ2) is 4.63. The van der Waals surface area contributed by atoms with Crippen LogP contribution in [0.4, 0.5) is 9.59 Å². The molecule has 7 nitrogen and oxygen atoms in total. The minimum atomic E-state index is -1.04. The van der Waals surface area contributed by atoms with Crippen molar-refractivity contribution in [3.63, 3.8) is 0 Å². The molecule has 0 aromatic rings. The number of cyclic esters (lactones) is 3. The molecule has 1 fully saturated rings. The first-order chi connectivity index (χ1) is 7.06. The number of primary amides is 1. The topological polar surface area (TPSA) is 98.9 Å². The van der Waals surface area contributed by atoms with Crippen molar-refractivity contribution in [2.45, 2.75) is 19.4 Å². The molecule has 1 rings (SSSR count). The number of carbonyl (C=O) groups excluding carboxylic acids is 3. The van der Waals surface area contributed by atoms with E-state index in [0.717, 1.165) is 4.90 Å². The molecule has 7 heteroatoms. The fourth-order valence-corrected chi connectivity index (χ4v) is 1.27. The van der Waals surface area contributed by atoms with Crippen molar-refractivity contribution < 1.29 is 23.9 Å². The van der Waals surface area contributed by atoms with Crippen LogP contribution in [0.3, 0.4) is 0 Å². The van der Waals surface area contributed by atoms with Gasteiger partial charge in [0.15, 0.2) is 6.04 Å². The van der Waals surface area contributed by atoms with Crippen LogP contribution in [0, 0.1) is 0 Å². The van der Waals surface area contributed by atoms with Gasteiger partial charge in [-0.3, -0.25) is 0 Å². The minimum Gasteiger partial charge on any atom is -0.431 e. The molecule has 1 saturated heterocycles. The van der Waals surface area contributed by atoms with E-state index in [9.17, 15) is 14.4 Å². The van der Waals surface area contributed by atoms with Crippen molar-refractivity contribution in [3.05, 3.63) is 0 Å². The molecular formula is C8H12N2O5. The Balaban J connectivity index is 2.71. The highest BCUT2D eigenvalue weighted by atomic mass is 16.8. The number of amides is 2. The predicted octanol–water partition coefficient (Wildman–Crippen LogP) is -0.161. The van der Waals surface area contributed by atoms with E-state index in [1.807, 2.05) is 6.92 Å². The van der Waals surface area contributed by atoms with Crippen LogP contribution in [0.25, 0.3) is 0 Å². The average Bonchev–Trinajstić information content (AvgIpc) is 2.15. The minimum absolute atomic E-state index is 0.208. The monoisotopic (exact) mass is 216 g/mol. The van der Waals surface area contributed by atoms with Gasteiger partial charge in [-0.05, 0) is 6.42 Å². The first-order valence-electron chi connectivity index (χ1n) is 4.50. The molecule has 0 saturated carbocycles. The van der Waals surface area contributed by atoms with E-state index in [1.54, 1.807) is 0 Å². The zero-order valence-electron chi connectivity index (χ0n) is 8.26. The van der Waals surface area contributed by atoms with E-state index in [1.165, 1.54) is 0 Å². The summed E-state index contributed by atoms with van der Waals surface area (Å²) >= 11 is 0. The van der Waals surface area contributed by atoms with Gasteiger partial charge in [0.1, 0.15) is 6.61 Å². The van der Waals surface area contributed by atoms with Gasteiger partial charge in [-0.2, -0.15) is 0 Å². The summed E-state index contributed by atoms with van der Waals surface area (Å²) < 4.78 is 8.73. The number of carbonyl (C=O) groups is 3. The van der Waals surface area contributed by atoms with Crippen LogP contribution >= 0.6 is 0 Å². The molecule has 1 aliphatic rings. The van der Waals surface area contributed by atoms with Crippen LogP contribution in [-0.2, 0) is 14.3 Å². The third-order valence-electron chi connectivity index (χ3n) is 1.94. The molecule has 0 aromatic heterocycles. The number of hydrogen-bond acceptors (Lipinski definition) is 5. The maximum Gasteiger partial charge on any atom is 0.516 e. The zero-order chi connectivity index (χ0) is 11.4. The van der Waals surface area contributed by atoms with Crippen LogP contribution in [-0.4, -0.2) is 42.2 Å². The van der Waals surface area contributed by atoms with Crippen molar-refractivity contribution in [1.29, 1.82) is 0 Å². The van der Waals surface area contributed by atoms with Crippen LogP contribution < -0.4 is 5.73 Å². The molecule has 15 heavy (non-hydrogen) atoms. The van der Waals surface area contributed by atoms with E-state index >= 15 is 0 Å². The number of urea groups is 1. The Morgan fingerprint density at radius 1 is 1.60 bits per heavy atom. The van der Waals surface area contributed by atoms with Gasteiger partial charge in [-0.25, -0.2) is 14.4 Å². The van der Waals surface area contributed by atoms with Gasteiger partial charge in [-0.15, -0.1) is 0 Å². The highest BCUT2D eigenvalue weighted by Gasteiger charge is 2.36. The van der Waals surface area contributed by atoms with Gasteiger partial charge in [0.2, 0.25) is 0 Å². The summed E-state index contributed by atoms with van der Waals surface area (Å²) in [6, 6.07) is -1.67. The van der Waals surface area contributed by atoms with Crippen molar-refractivity contribution in [1.82, 2.24) is 4.90 Å². The molecule has 1 aliphatic heterocycles. The highest BCUT2D eigenvalue weighted by molar-refractivity contribution is 5.90. The summed E-state index contributed by atoms with van der Waals surface area (Å²) in [5, 5.41) is 0. The van der Waals surface area contributed by atoms with E-state index < -0.39 is 24.2 Å². The second-order valence-electron chi connectivity index (χ2n) is 3.03. The summed E-state index contributed by atoms with van der Waals surface area (Å²) in [6.07, 6.45) is -0.405. The number of nitrogens with two attached hydrogens (primary N) is 1. The molecule has 1 heterocycles. The summed E-state index contributed by atoms with van der Waals surface area (Å²) in [6.45, 7) is 1.93. The van der Waals surface area contributed by atoms with Crippen molar-refractivity contribution in [3.8, 4) is 0 Å². The maximum atomic E-state index is 11.3. The number of hydrogen-bond donors (Lipinski definition) is 1. The number of rotatable bonds is 3. The summed E-state index contributed by atoms with van der Waals surface area (Å²) in [5.74, 6) is -0.807. The van der Waals surface area contributed by atoms with E-state index in [4.69, 9.17) is 5.73 Å². The van der Waals surface area contributed by atoms with Crippen LogP contribution in [0.15, 0.2) is 0 Å². The summed E-state index contributed by atoms with van der Waals surface area (Å²) in [4.78, 5) is 34.0. The smallest absolute Gasteiger partial charge is 0.431 e. The molecule has 1 unspecified atom stereocenters. The standard InChI is InChI=1S/C8H12N2O5/c1-2-3-10(7(9)12)5-4-14-8(13)15-6(5)11/h5H,2-4H2,1H3,(H2,9,12). The fraction of sp³-hybridized carbons (Fsp3) is 0.625. The zero-order valence-corrected chi connectivity index (χ0v) is 8.26. The summed E-state index contributed by atoms with van der Waals surface area (Å²) in [7, 11) is 0. The molecule has 0 radical (unpaired) electrons. The molecule has 0 bridgehead atoms. The van der Waals surface area contributed by atoms with E-state index in [0.29, 0.717) is 13.0 Å². The second-order valence-corrected chi connectivity index (χ2v) is 3.03. The molecule has 2 N–H and O–H groups in total. The molecule has 84 valence electrons. The lowest BCUT2D eigenvalue weighted by molar-refractivity contribution is -0.152. The number of esters is 1. The van der Waals surface area contributed by atoms with Crippen LogP contribution in [0.5, 0.6) is 0 Å². The molecular weight excluding hydrogens is 204 g/mol. The number of nitrogens with zero attached hydrogens (tertiary/aromatic N) is 1. The lowest BCUT2D eigenvalue weighted by Crippen LogP contribution is -2.53. The third kappa shape index (κ3) is 2.58. The lowest BCUT2D eigenvalue weighted by Gasteiger charge is -2.29. The largest absolute Gasteiger partial charge is 0.516 e. The van der Waals surface area contributed by atoms with Crippen molar-refractivity contribution in [2.24, 2.45) is 5.73 Å². The Morgan fingerprint density at radius 2 is 2.27 bits per heavy atom. The molecule has 0 spiro atoms. The lowest BCUT2D eigenvalue weighted by atomic mass is 10.2. The predicted molar refractivity (Wildman–Crippen MR) is 47.8 cm³/mol. The fourth-order valence-electron chi connectivity index (χ4n) is 1.27. The first kappa shape index (κ1) is 11.3. The normalized spacial score (nSPS) is 20.5.